The Morgan fingerprint density at radius 3 is 2.66 bits per heavy atom. The number of para-hydroxylation sites is 1. The smallest absolute Gasteiger partial charge is 0.339 e. The van der Waals surface area contributed by atoms with Crippen molar-refractivity contribution in [2.45, 2.75) is 9.24 Å². The van der Waals surface area contributed by atoms with Crippen molar-refractivity contribution in [2.24, 2.45) is 5.10 Å². The highest BCUT2D eigenvalue weighted by Gasteiger charge is 2.18. The summed E-state index contributed by atoms with van der Waals surface area (Å²) in [6.07, 6.45) is 1.45. The van der Waals surface area contributed by atoms with E-state index in [9.17, 15) is 13.2 Å². The molecule has 35 heavy (non-hydrogen) atoms. The van der Waals surface area contributed by atoms with E-state index in [0.717, 1.165) is 14.6 Å². The van der Waals surface area contributed by atoms with Gasteiger partial charge in [-0.25, -0.2) is 10.4 Å². The Balaban J connectivity index is 1.32. The summed E-state index contributed by atoms with van der Waals surface area (Å²) in [6.45, 7) is 0. The zero-order chi connectivity index (χ0) is 24.8. The van der Waals surface area contributed by atoms with E-state index in [1.54, 1.807) is 12.1 Å². The van der Waals surface area contributed by atoms with Crippen molar-refractivity contribution in [3.05, 3.63) is 76.8 Å². The summed E-state index contributed by atoms with van der Waals surface area (Å²) < 4.78 is 37.7. The lowest BCUT2D eigenvalue weighted by Crippen LogP contribution is -2.19. The number of aromatic nitrogens is 1. The fourth-order valence-electron chi connectivity index (χ4n) is 2.82. The molecule has 0 bridgehead atoms. The molecule has 1 N–H and O–H groups in total. The summed E-state index contributed by atoms with van der Waals surface area (Å²) in [5.41, 5.74) is 4.01. The van der Waals surface area contributed by atoms with Crippen molar-refractivity contribution in [1.29, 1.82) is 0 Å². The zero-order valence-corrected chi connectivity index (χ0v) is 22.2. The van der Waals surface area contributed by atoms with E-state index in [0.29, 0.717) is 15.8 Å². The van der Waals surface area contributed by atoms with Gasteiger partial charge in [0.15, 0.2) is 10.1 Å². The van der Waals surface area contributed by atoms with Crippen LogP contribution in [0.15, 0.2) is 85.5 Å². The van der Waals surface area contributed by atoms with Crippen molar-refractivity contribution in [1.82, 2.24) is 10.4 Å². The molecule has 0 unspecified atom stereocenters. The maximum Gasteiger partial charge on any atom is 0.339 e. The van der Waals surface area contributed by atoms with Crippen molar-refractivity contribution < 1.29 is 22.1 Å². The van der Waals surface area contributed by atoms with Crippen LogP contribution in [0.2, 0.25) is 0 Å². The number of carbonyl (C=O) groups is 1. The summed E-state index contributed by atoms with van der Waals surface area (Å²) in [5, 5.41) is 3.96. The van der Waals surface area contributed by atoms with Gasteiger partial charge in [0, 0.05) is 0 Å². The number of fused-ring (bicyclic) bond motifs is 1. The van der Waals surface area contributed by atoms with Gasteiger partial charge in [-0.3, -0.25) is 4.79 Å². The minimum Gasteiger partial charge on any atom is -0.497 e. The average Bonchev–Trinajstić information content (AvgIpc) is 3.27. The van der Waals surface area contributed by atoms with Gasteiger partial charge in [-0.05, 0) is 76.1 Å². The first-order valence-electron chi connectivity index (χ1n) is 10.0. The number of carbonyl (C=O) groups excluding carboxylic acids is 1. The van der Waals surface area contributed by atoms with Crippen LogP contribution < -0.4 is 14.3 Å². The van der Waals surface area contributed by atoms with Gasteiger partial charge in [0.25, 0.3) is 5.91 Å². The van der Waals surface area contributed by atoms with E-state index in [4.69, 9.17) is 8.92 Å². The molecule has 0 aliphatic heterocycles. The number of thioether (sulfide) groups is 1. The Hall–Kier alpha value is -2.93. The number of nitrogens with zero attached hydrogens (tertiary/aromatic N) is 2. The minimum absolute atomic E-state index is 0.00210. The highest BCUT2D eigenvalue weighted by molar-refractivity contribution is 9.10. The number of hydrogen-bond donors (Lipinski definition) is 1. The number of ether oxygens (including phenoxy) is 1. The van der Waals surface area contributed by atoms with Crippen LogP contribution in [0.5, 0.6) is 11.5 Å². The van der Waals surface area contributed by atoms with E-state index in [1.807, 2.05) is 24.3 Å². The van der Waals surface area contributed by atoms with E-state index < -0.39 is 10.1 Å². The number of hydrazone groups is 1. The first kappa shape index (κ1) is 25.2. The molecule has 8 nitrogen and oxygen atoms in total. The maximum absolute atomic E-state index is 12.5. The maximum atomic E-state index is 12.5. The molecule has 1 heterocycles. The lowest BCUT2D eigenvalue weighted by molar-refractivity contribution is -0.118. The number of rotatable bonds is 9. The van der Waals surface area contributed by atoms with Gasteiger partial charge in [0.1, 0.15) is 10.6 Å². The van der Waals surface area contributed by atoms with Crippen LogP contribution in [-0.4, -0.2) is 38.4 Å². The van der Waals surface area contributed by atoms with Crippen LogP contribution in [0.3, 0.4) is 0 Å². The van der Waals surface area contributed by atoms with Gasteiger partial charge in [-0.15, -0.1) is 11.3 Å². The Kier molecular flexibility index (Phi) is 8.06. The monoisotopic (exact) mass is 591 g/mol. The highest BCUT2D eigenvalue weighted by atomic mass is 79.9. The van der Waals surface area contributed by atoms with Crippen LogP contribution in [0, 0.1) is 0 Å². The van der Waals surface area contributed by atoms with E-state index >= 15 is 0 Å². The number of methoxy groups -OCH3 is 1. The Morgan fingerprint density at radius 1 is 1.17 bits per heavy atom. The lowest BCUT2D eigenvalue weighted by atomic mass is 10.2. The normalized spacial score (nSPS) is 11.6. The van der Waals surface area contributed by atoms with Crippen molar-refractivity contribution in [3.63, 3.8) is 0 Å². The number of thiazole rings is 1. The van der Waals surface area contributed by atoms with Gasteiger partial charge in [-0.1, -0.05) is 23.9 Å². The molecule has 0 aliphatic carbocycles. The van der Waals surface area contributed by atoms with Crippen molar-refractivity contribution in [2.75, 3.05) is 12.9 Å². The SMILES string of the molecule is COc1ccc(S(=O)(=O)Oc2ccc(/C=N\NC(=O)CSc3nc4ccccc4s3)cc2Br)cc1. The summed E-state index contributed by atoms with van der Waals surface area (Å²) in [4.78, 5) is 16.6. The molecule has 0 aliphatic rings. The molecule has 0 atom stereocenters. The first-order valence-corrected chi connectivity index (χ1v) is 14.0. The zero-order valence-electron chi connectivity index (χ0n) is 18.2. The molecule has 3 aromatic carbocycles. The number of halogens is 1. The molecule has 4 rings (SSSR count). The second-order valence-corrected chi connectivity index (χ2v) is 11.6. The standard InChI is InChI=1S/C23H18BrN3O5S3/c1-31-16-7-9-17(10-8-16)35(29,30)32-20-11-6-15(12-18(20)24)13-25-27-22(28)14-33-23-26-19-4-2-3-5-21(19)34-23/h2-13H,14H2,1H3,(H,27,28)/b25-13-. The third-order valence-electron chi connectivity index (χ3n) is 4.51. The van der Waals surface area contributed by atoms with Gasteiger partial charge in [0.05, 0.1) is 33.8 Å². The second kappa shape index (κ2) is 11.2. The third-order valence-corrected chi connectivity index (χ3v) is 8.55. The van der Waals surface area contributed by atoms with E-state index in [2.05, 4.69) is 31.4 Å². The molecule has 180 valence electrons. The summed E-state index contributed by atoms with van der Waals surface area (Å²) in [6, 6.07) is 18.4. The Labute approximate surface area is 218 Å². The fourth-order valence-corrected chi connectivity index (χ4v) is 6.22. The predicted molar refractivity (Wildman–Crippen MR) is 141 cm³/mol. The number of benzene rings is 3. The lowest BCUT2D eigenvalue weighted by Gasteiger charge is -2.09. The van der Waals surface area contributed by atoms with Gasteiger partial charge in [-0.2, -0.15) is 13.5 Å². The average molecular weight is 593 g/mol. The van der Waals surface area contributed by atoms with Gasteiger partial charge < -0.3 is 8.92 Å². The number of hydrogen-bond acceptors (Lipinski definition) is 9. The van der Waals surface area contributed by atoms with Crippen LogP contribution in [-0.2, 0) is 14.9 Å². The van der Waals surface area contributed by atoms with Crippen LogP contribution in [0.25, 0.3) is 10.2 Å². The molecular weight excluding hydrogens is 574 g/mol. The summed E-state index contributed by atoms with van der Waals surface area (Å²) >= 11 is 6.19. The number of amides is 1. The van der Waals surface area contributed by atoms with Crippen molar-refractivity contribution in [3.8, 4) is 11.5 Å². The van der Waals surface area contributed by atoms with Gasteiger partial charge >= 0.3 is 10.1 Å². The Bertz CT molecular complexity index is 1460. The van der Waals surface area contributed by atoms with Crippen molar-refractivity contribution >= 4 is 71.5 Å². The van der Waals surface area contributed by atoms with Crippen LogP contribution in [0.4, 0.5) is 0 Å². The third kappa shape index (κ3) is 6.60. The fraction of sp³-hybridized carbons (Fsp3) is 0.0870. The first-order chi connectivity index (χ1) is 16.8. The molecule has 0 spiro atoms. The molecule has 0 fully saturated rings. The quantitative estimate of drug-likeness (QED) is 0.125. The molecular formula is C23H18BrN3O5S3. The molecule has 12 heteroatoms. The predicted octanol–water partition coefficient (Wildman–Crippen LogP) is 5.08. The van der Waals surface area contributed by atoms with E-state index in [-0.39, 0.29) is 22.3 Å². The molecule has 1 amide bonds. The molecule has 0 saturated carbocycles. The van der Waals surface area contributed by atoms with Gasteiger partial charge in [0.2, 0.25) is 0 Å². The van der Waals surface area contributed by atoms with E-state index in [1.165, 1.54) is 66.8 Å². The molecule has 1 aromatic heterocycles. The summed E-state index contributed by atoms with van der Waals surface area (Å²) in [7, 11) is -2.53. The largest absolute Gasteiger partial charge is 0.497 e. The Morgan fingerprint density at radius 2 is 1.94 bits per heavy atom. The molecule has 0 saturated heterocycles. The van der Waals surface area contributed by atoms with Crippen LogP contribution >= 0.6 is 39.0 Å². The highest BCUT2D eigenvalue weighted by Crippen LogP contribution is 2.30. The second-order valence-electron chi connectivity index (χ2n) is 6.93. The summed E-state index contributed by atoms with van der Waals surface area (Å²) in [5.74, 6) is 0.567. The molecule has 4 aromatic rings. The topological polar surface area (TPSA) is 107 Å². The van der Waals surface area contributed by atoms with Crippen LogP contribution in [0.1, 0.15) is 5.56 Å². The minimum atomic E-state index is -4.02. The molecule has 0 radical (unpaired) electrons. The number of nitrogens with one attached hydrogen (secondary N) is 1.